The van der Waals surface area contributed by atoms with Gasteiger partial charge in [-0.2, -0.15) is 0 Å². The zero-order valence-electron chi connectivity index (χ0n) is 10.7. The molecule has 0 spiro atoms. The first-order valence-corrected chi connectivity index (χ1v) is 7.95. The molecule has 0 aromatic heterocycles. The summed E-state index contributed by atoms with van der Waals surface area (Å²) in [5, 5.41) is 8.99. The van der Waals surface area contributed by atoms with Crippen molar-refractivity contribution in [2.24, 2.45) is 5.92 Å². The first-order valence-electron chi connectivity index (χ1n) is 6.36. The summed E-state index contributed by atoms with van der Waals surface area (Å²) in [5.74, 6) is 0.533. The highest BCUT2D eigenvalue weighted by Crippen LogP contribution is 2.37. The van der Waals surface area contributed by atoms with E-state index in [2.05, 4.69) is 38.8 Å². The van der Waals surface area contributed by atoms with Crippen LogP contribution in [-0.4, -0.2) is 17.2 Å². The second-order valence-corrected chi connectivity index (χ2v) is 6.78. The highest BCUT2D eigenvalue weighted by molar-refractivity contribution is 9.11. The van der Waals surface area contributed by atoms with E-state index in [9.17, 15) is 4.79 Å². The molecular weight excluding hydrogens is 376 g/mol. The number of hydrogen-bond donors (Lipinski definition) is 1. The van der Waals surface area contributed by atoms with Crippen molar-refractivity contribution in [1.29, 1.82) is 0 Å². The molecule has 0 unspecified atom stereocenters. The van der Waals surface area contributed by atoms with Gasteiger partial charge in [-0.3, -0.25) is 0 Å². The van der Waals surface area contributed by atoms with Crippen molar-refractivity contribution in [3.05, 3.63) is 26.6 Å². The molecule has 104 valence electrons. The highest BCUT2D eigenvalue weighted by atomic mass is 79.9. The molecule has 1 aromatic rings. The Labute approximate surface area is 129 Å². The van der Waals surface area contributed by atoms with Crippen LogP contribution in [0.4, 0.5) is 0 Å². The van der Waals surface area contributed by atoms with Crippen LogP contribution in [0.2, 0.25) is 0 Å². The Balaban J connectivity index is 2.14. The zero-order valence-corrected chi connectivity index (χ0v) is 13.8. The van der Waals surface area contributed by atoms with Gasteiger partial charge in [0, 0.05) is 0 Å². The van der Waals surface area contributed by atoms with Gasteiger partial charge in [0.25, 0.3) is 0 Å². The van der Waals surface area contributed by atoms with E-state index < -0.39 is 5.97 Å². The Kier molecular flexibility index (Phi) is 4.90. The van der Waals surface area contributed by atoms with Crippen LogP contribution in [-0.2, 0) is 0 Å². The minimum atomic E-state index is -0.945. The summed E-state index contributed by atoms with van der Waals surface area (Å²) in [6, 6.07) is 3.15. The molecule has 0 amide bonds. The maximum Gasteiger partial charge on any atom is 0.335 e. The van der Waals surface area contributed by atoms with Gasteiger partial charge in [0.05, 0.1) is 20.6 Å². The van der Waals surface area contributed by atoms with Gasteiger partial charge in [-0.15, -0.1) is 0 Å². The van der Waals surface area contributed by atoms with E-state index in [1.54, 1.807) is 12.1 Å². The molecule has 1 N–H and O–H groups in total. The van der Waals surface area contributed by atoms with Crippen LogP contribution >= 0.6 is 31.9 Å². The Hall–Kier alpha value is -0.550. The smallest absolute Gasteiger partial charge is 0.335 e. The fourth-order valence-corrected chi connectivity index (χ4v) is 3.68. The van der Waals surface area contributed by atoms with E-state index in [4.69, 9.17) is 9.84 Å². The molecule has 1 aliphatic carbocycles. The molecule has 0 saturated heterocycles. The van der Waals surface area contributed by atoms with Gasteiger partial charge >= 0.3 is 5.97 Å². The first-order chi connectivity index (χ1) is 8.97. The van der Waals surface area contributed by atoms with Crippen LogP contribution in [0.5, 0.6) is 5.75 Å². The SMILES string of the molecule is CC1CCC(Oc2c(Br)cc(C(=O)O)cc2Br)CC1. The average molecular weight is 392 g/mol. The predicted octanol–water partition coefficient (Wildman–Crippen LogP) is 4.87. The molecule has 0 aliphatic heterocycles. The number of hydrogen-bond acceptors (Lipinski definition) is 2. The average Bonchev–Trinajstić information content (AvgIpc) is 2.35. The largest absolute Gasteiger partial charge is 0.488 e. The third kappa shape index (κ3) is 3.72. The fourth-order valence-electron chi connectivity index (χ4n) is 2.31. The summed E-state index contributed by atoms with van der Waals surface area (Å²) in [6.45, 7) is 2.27. The number of carbonyl (C=O) groups is 1. The van der Waals surface area contributed by atoms with Gasteiger partial charge in [-0.05, 0) is 75.6 Å². The number of halogens is 2. The Morgan fingerprint density at radius 2 is 1.74 bits per heavy atom. The third-order valence-corrected chi connectivity index (χ3v) is 4.67. The van der Waals surface area contributed by atoms with E-state index in [1.165, 1.54) is 12.8 Å². The van der Waals surface area contributed by atoms with Gasteiger partial charge in [-0.25, -0.2) is 4.79 Å². The summed E-state index contributed by atoms with van der Waals surface area (Å²) in [4.78, 5) is 11.0. The lowest BCUT2D eigenvalue weighted by molar-refractivity contribution is 0.0696. The molecule has 2 rings (SSSR count). The van der Waals surface area contributed by atoms with Gasteiger partial charge in [0.2, 0.25) is 0 Å². The summed E-state index contributed by atoms with van der Waals surface area (Å²) in [6.07, 6.45) is 4.71. The van der Waals surface area contributed by atoms with Crippen molar-refractivity contribution < 1.29 is 14.6 Å². The van der Waals surface area contributed by atoms with Crippen LogP contribution in [0, 0.1) is 5.92 Å². The molecular formula is C14H16Br2O3. The minimum Gasteiger partial charge on any atom is -0.488 e. The number of benzene rings is 1. The van der Waals surface area contributed by atoms with Crippen LogP contribution in [0.3, 0.4) is 0 Å². The van der Waals surface area contributed by atoms with Crippen LogP contribution < -0.4 is 4.74 Å². The summed E-state index contributed by atoms with van der Waals surface area (Å²) < 4.78 is 7.37. The molecule has 1 aromatic carbocycles. The van der Waals surface area contributed by atoms with Gasteiger partial charge in [0.1, 0.15) is 5.75 Å². The normalized spacial score (nSPS) is 23.1. The molecule has 0 heterocycles. The Morgan fingerprint density at radius 1 is 1.21 bits per heavy atom. The lowest BCUT2D eigenvalue weighted by Gasteiger charge is -2.27. The lowest BCUT2D eigenvalue weighted by Crippen LogP contribution is -2.23. The Morgan fingerprint density at radius 3 is 2.21 bits per heavy atom. The number of ether oxygens (including phenoxy) is 1. The molecule has 3 nitrogen and oxygen atoms in total. The van der Waals surface area contributed by atoms with Crippen LogP contribution in [0.15, 0.2) is 21.1 Å². The maximum atomic E-state index is 11.0. The molecule has 0 bridgehead atoms. The van der Waals surface area contributed by atoms with Gasteiger partial charge in [-0.1, -0.05) is 6.92 Å². The molecule has 19 heavy (non-hydrogen) atoms. The van der Waals surface area contributed by atoms with E-state index >= 15 is 0 Å². The van der Waals surface area contributed by atoms with Crippen molar-refractivity contribution in [3.63, 3.8) is 0 Å². The molecule has 5 heteroatoms. The summed E-state index contributed by atoms with van der Waals surface area (Å²) in [5.41, 5.74) is 0.239. The fraction of sp³-hybridized carbons (Fsp3) is 0.500. The van der Waals surface area contributed by atoms with Crippen LogP contribution in [0.1, 0.15) is 43.0 Å². The van der Waals surface area contributed by atoms with Crippen LogP contribution in [0.25, 0.3) is 0 Å². The summed E-state index contributed by atoms with van der Waals surface area (Å²) >= 11 is 6.77. The first kappa shape index (κ1) is 14.9. The maximum absolute atomic E-state index is 11.0. The molecule has 0 radical (unpaired) electrons. The molecule has 1 saturated carbocycles. The monoisotopic (exact) mass is 390 g/mol. The zero-order chi connectivity index (χ0) is 14.0. The number of rotatable bonds is 3. The predicted molar refractivity (Wildman–Crippen MR) is 80.8 cm³/mol. The van der Waals surface area contributed by atoms with E-state index in [0.717, 1.165) is 18.8 Å². The van der Waals surface area contributed by atoms with Crippen molar-refractivity contribution in [2.45, 2.75) is 38.7 Å². The minimum absolute atomic E-state index is 0.222. The number of aromatic carboxylic acids is 1. The third-order valence-electron chi connectivity index (χ3n) is 3.49. The van der Waals surface area contributed by atoms with E-state index in [0.29, 0.717) is 14.7 Å². The van der Waals surface area contributed by atoms with Crippen molar-refractivity contribution >= 4 is 37.8 Å². The number of carboxylic acids is 1. The summed E-state index contributed by atoms with van der Waals surface area (Å²) in [7, 11) is 0. The second kappa shape index (κ2) is 6.27. The lowest BCUT2D eigenvalue weighted by atomic mass is 9.89. The topological polar surface area (TPSA) is 46.5 Å². The highest BCUT2D eigenvalue weighted by Gasteiger charge is 2.22. The standard InChI is InChI=1S/C14H16Br2O3/c1-8-2-4-10(5-3-8)19-13-11(15)6-9(14(17)18)7-12(13)16/h6-8,10H,2-5H2,1H3,(H,17,18). The van der Waals surface area contributed by atoms with Crippen molar-refractivity contribution in [2.75, 3.05) is 0 Å². The van der Waals surface area contributed by atoms with Gasteiger partial charge in [0.15, 0.2) is 0 Å². The molecule has 0 atom stereocenters. The second-order valence-electron chi connectivity index (χ2n) is 5.07. The molecule has 1 aliphatic rings. The molecule has 1 fully saturated rings. The van der Waals surface area contributed by atoms with E-state index in [-0.39, 0.29) is 11.7 Å². The van der Waals surface area contributed by atoms with Crippen molar-refractivity contribution in [3.8, 4) is 5.75 Å². The Bertz CT molecular complexity index is 457. The quantitative estimate of drug-likeness (QED) is 0.799. The van der Waals surface area contributed by atoms with E-state index in [1.807, 2.05) is 0 Å². The number of carboxylic acid groups (broad SMARTS) is 1. The van der Waals surface area contributed by atoms with Crippen molar-refractivity contribution in [1.82, 2.24) is 0 Å². The van der Waals surface area contributed by atoms with Gasteiger partial charge < -0.3 is 9.84 Å².